The molecule has 2 heterocycles. The van der Waals surface area contributed by atoms with Crippen LogP contribution in [0.2, 0.25) is 0 Å². The summed E-state index contributed by atoms with van der Waals surface area (Å²) in [6.45, 7) is 2.27. The second-order valence-electron chi connectivity index (χ2n) is 7.23. The molecule has 0 spiro atoms. The van der Waals surface area contributed by atoms with Crippen molar-refractivity contribution in [2.75, 3.05) is 28.6 Å². The molecule has 1 aliphatic heterocycles. The first-order chi connectivity index (χ1) is 14.3. The Balaban J connectivity index is 1.31. The number of nitrogens with one attached hydrogen (secondary N) is 2. The predicted octanol–water partition coefficient (Wildman–Crippen LogP) is 4.39. The third-order valence-corrected chi connectivity index (χ3v) is 5.00. The Hall–Kier alpha value is -3.41. The molecule has 1 aromatic heterocycles. The maximum absolute atomic E-state index is 12.1. The average molecular weight is 387 g/mol. The van der Waals surface area contributed by atoms with Gasteiger partial charge in [-0.25, -0.2) is 0 Å². The van der Waals surface area contributed by atoms with Crippen LogP contribution in [0.3, 0.4) is 0 Å². The molecule has 2 aromatic carbocycles. The Bertz CT molecular complexity index is 920. The number of aromatic nitrogens is 2. The van der Waals surface area contributed by atoms with Gasteiger partial charge in [-0.15, -0.1) is 10.2 Å². The fourth-order valence-electron chi connectivity index (χ4n) is 3.49. The van der Waals surface area contributed by atoms with E-state index in [-0.39, 0.29) is 5.91 Å². The molecule has 6 nitrogen and oxygen atoms in total. The largest absolute Gasteiger partial charge is 0.372 e. The Kier molecular flexibility index (Phi) is 6.00. The number of nitrogens with zero attached hydrogens (tertiary/aromatic N) is 3. The summed E-state index contributed by atoms with van der Waals surface area (Å²) in [6.07, 6.45) is 4.18. The van der Waals surface area contributed by atoms with Crippen molar-refractivity contribution in [2.45, 2.75) is 25.7 Å². The van der Waals surface area contributed by atoms with E-state index in [1.807, 2.05) is 36.4 Å². The Morgan fingerprint density at radius 1 is 0.828 bits per heavy atom. The first-order valence-electron chi connectivity index (χ1n) is 10.1. The van der Waals surface area contributed by atoms with E-state index in [1.54, 1.807) is 6.07 Å². The van der Waals surface area contributed by atoms with Crippen molar-refractivity contribution < 1.29 is 4.79 Å². The molecule has 2 N–H and O–H groups in total. The summed E-state index contributed by atoms with van der Waals surface area (Å²) in [5.41, 5.74) is 3.18. The van der Waals surface area contributed by atoms with Crippen LogP contribution >= 0.6 is 0 Å². The molecule has 1 aliphatic rings. The van der Waals surface area contributed by atoms with Crippen LogP contribution in [0.5, 0.6) is 0 Å². The molecule has 29 heavy (non-hydrogen) atoms. The van der Waals surface area contributed by atoms with E-state index < -0.39 is 0 Å². The van der Waals surface area contributed by atoms with Crippen LogP contribution in [-0.2, 0) is 11.2 Å². The van der Waals surface area contributed by atoms with Crippen LogP contribution in [0.15, 0.2) is 66.7 Å². The average Bonchev–Trinajstić information content (AvgIpc) is 2.77. The summed E-state index contributed by atoms with van der Waals surface area (Å²) < 4.78 is 0. The van der Waals surface area contributed by atoms with Gasteiger partial charge in [0.15, 0.2) is 11.6 Å². The molecule has 3 aromatic rings. The highest BCUT2D eigenvalue weighted by Gasteiger charge is 2.10. The van der Waals surface area contributed by atoms with Crippen LogP contribution in [0, 0.1) is 0 Å². The Labute approximate surface area is 171 Å². The number of anilines is 4. The lowest BCUT2D eigenvalue weighted by Crippen LogP contribution is -2.29. The Morgan fingerprint density at radius 2 is 1.52 bits per heavy atom. The van der Waals surface area contributed by atoms with E-state index in [4.69, 9.17) is 0 Å². The second-order valence-corrected chi connectivity index (χ2v) is 7.23. The van der Waals surface area contributed by atoms with Crippen LogP contribution in [-0.4, -0.2) is 29.2 Å². The summed E-state index contributed by atoms with van der Waals surface area (Å²) in [5.74, 6) is 0.966. The second kappa shape index (κ2) is 9.19. The SMILES string of the molecule is O=C(Cc1ccccc1)Nc1ccc(Nc2ccc(N3CCCCC3)cc2)nn1. The molecule has 0 bridgehead atoms. The van der Waals surface area contributed by atoms with Crippen LogP contribution in [0.25, 0.3) is 0 Å². The van der Waals surface area contributed by atoms with Gasteiger partial charge in [-0.3, -0.25) is 4.79 Å². The fourth-order valence-corrected chi connectivity index (χ4v) is 3.49. The van der Waals surface area contributed by atoms with Crippen LogP contribution in [0.1, 0.15) is 24.8 Å². The first kappa shape index (κ1) is 18.9. The maximum atomic E-state index is 12.1. The molecule has 4 rings (SSSR count). The molecule has 1 amide bonds. The number of piperidine rings is 1. The zero-order chi connectivity index (χ0) is 19.9. The van der Waals surface area contributed by atoms with Gasteiger partial charge in [0.2, 0.25) is 5.91 Å². The lowest BCUT2D eigenvalue weighted by Gasteiger charge is -2.28. The van der Waals surface area contributed by atoms with E-state index in [2.05, 4.69) is 50.0 Å². The minimum absolute atomic E-state index is 0.112. The normalized spacial score (nSPS) is 13.7. The van der Waals surface area contributed by atoms with Crippen molar-refractivity contribution in [3.8, 4) is 0 Å². The lowest BCUT2D eigenvalue weighted by molar-refractivity contribution is -0.115. The topological polar surface area (TPSA) is 70.2 Å². The number of benzene rings is 2. The smallest absolute Gasteiger partial charge is 0.229 e. The number of rotatable bonds is 6. The molecular weight excluding hydrogens is 362 g/mol. The van der Waals surface area contributed by atoms with Crippen LogP contribution in [0.4, 0.5) is 23.0 Å². The molecule has 0 atom stereocenters. The van der Waals surface area contributed by atoms with Gasteiger partial charge in [0.25, 0.3) is 0 Å². The van der Waals surface area contributed by atoms with Gasteiger partial charge in [0, 0.05) is 24.5 Å². The standard InChI is InChI=1S/C23H25N5O/c29-23(17-18-7-3-1-4-8-18)25-22-14-13-21(26-27-22)24-19-9-11-20(12-10-19)28-15-5-2-6-16-28/h1,3-4,7-14H,2,5-6,15-17H2,(H,24,26)(H,25,27,29). The predicted molar refractivity (Wildman–Crippen MR) is 117 cm³/mol. The Morgan fingerprint density at radius 3 is 2.21 bits per heavy atom. The number of carbonyl (C=O) groups excluding carboxylic acids is 1. The molecule has 6 heteroatoms. The van der Waals surface area contributed by atoms with E-state index in [0.717, 1.165) is 24.3 Å². The number of hydrogen-bond acceptors (Lipinski definition) is 5. The summed E-state index contributed by atoms with van der Waals surface area (Å²) in [6, 6.07) is 21.6. The summed E-state index contributed by atoms with van der Waals surface area (Å²) in [4.78, 5) is 14.6. The molecule has 0 aliphatic carbocycles. The van der Waals surface area contributed by atoms with Crippen molar-refractivity contribution >= 4 is 28.9 Å². The monoisotopic (exact) mass is 387 g/mol. The molecule has 0 unspecified atom stereocenters. The minimum atomic E-state index is -0.112. The molecule has 148 valence electrons. The molecule has 0 radical (unpaired) electrons. The van der Waals surface area contributed by atoms with Crippen LogP contribution < -0.4 is 15.5 Å². The van der Waals surface area contributed by atoms with Crippen molar-refractivity contribution in [3.63, 3.8) is 0 Å². The van der Waals surface area contributed by atoms with Gasteiger partial charge >= 0.3 is 0 Å². The quantitative estimate of drug-likeness (QED) is 0.656. The van der Waals surface area contributed by atoms with E-state index in [1.165, 1.54) is 24.9 Å². The highest BCUT2D eigenvalue weighted by atomic mass is 16.1. The molecule has 0 saturated carbocycles. The van der Waals surface area contributed by atoms with Gasteiger partial charge in [-0.05, 0) is 61.2 Å². The van der Waals surface area contributed by atoms with Crippen molar-refractivity contribution in [2.24, 2.45) is 0 Å². The third kappa shape index (κ3) is 5.31. The van der Waals surface area contributed by atoms with Gasteiger partial charge in [-0.2, -0.15) is 0 Å². The van der Waals surface area contributed by atoms with Crippen molar-refractivity contribution in [1.82, 2.24) is 10.2 Å². The summed E-state index contributed by atoms with van der Waals surface area (Å²) >= 11 is 0. The minimum Gasteiger partial charge on any atom is -0.372 e. The molecular formula is C23H25N5O. The number of amides is 1. The van der Waals surface area contributed by atoms with Crippen molar-refractivity contribution in [1.29, 1.82) is 0 Å². The van der Waals surface area contributed by atoms with E-state index >= 15 is 0 Å². The zero-order valence-electron chi connectivity index (χ0n) is 16.3. The zero-order valence-corrected chi connectivity index (χ0v) is 16.3. The maximum Gasteiger partial charge on any atom is 0.229 e. The fraction of sp³-hybridized carbons (Fsp3) is 0.261. The first-order valence-corrected chi connectivity index (χ1v) is 10.1. The van der Waals surface area contributed by atoms with Gasteiger partial charge in [0.1, 0.15) is 0 Å². The number of carbonyl (C=O) groups is 1. The van der Waals surface area contributed by atoms with Gasteiger partial charge in [-0.1, -0.05) is 30.3 Å². The van der Waals surface area contributed by atoms with Crippen molar-refractivity contribution in [3.05, 3.63) is 72.3 Å². The number of hydrogen-bond donors (Lipinski definition) is 2. The van der Waals surface area contributed by atoms with E-state index in [0.29, 0.717) is 18.1 Å². The highest BCUT2D eigenvalue weighted by molar-refractivity contribution is 5.91. The third-order valence-electron chi connectivity index (χ3n) is 5.00. The molecule has 1 fully saturated rings. The van der Waals surface area contributed by atoms with E-state index in [9.17, 15) is 4.79 Å². The highest BCUT2D eigenvalue weighted by Crippen LogP contribution is 2.23. The lowest BCUT2D eigenvalue weighted by atomic mass is 10.1. The summed E-state index contributed by atoms with van der Waals surface area (Å²) in [5, 5.41) is 14.3. The van der Waals surface area contributed by atoms with Gasteiger partial charge in [0.05, 0.1) is 6.42 Å². The van der Waals surface area contributed by atoms with Gasteiger partial charge < -0.3 is 15.5 Å². The summed E-state index contributed by atoms with van der Waals surface area (Å²) in [7, 11) is 0. The molecule has 1 saturated heterocycles.